The number of phenolic OH excluding ortho intramolecular Hbond substituents is 1. The van der Waals surface area contributed by atoms with E-state index in [1.807, 2.05) is 0 Å². The molecule has 2 aromatic carbocycles. The molecule has 27 heavy (non-hydrogen) atoms. The Bertz CT molecular complexity index is 812. The summed E-state index contributed by atoms with van der Waals surface area (Å²) in [5.74, 6) is 0.197. The largest absolute Gasteiger partial charge is 0.508 e. The van der Waals surface area contributed by atoms with Crippen LogP contribution in [-0.4, -0.2) is 26.3 Å². The average Bonchev–Trinajstić information content (AvgIpc) is 2.67. The summed E-state index contributed by atoms with van der Waals surface area (Å²) in [6.07, 6.45) is 8.11. The van der Waals surface area contributed by atoms with Crippen molar-refractivity contribution in [1.82, 2.24) is 0 Å². The number of hydrogen-bond donors (Lipinski definition) is 1. The van der Waals surface area contributed by atoms with E-state index >= 15 is 0 Å². The van der Waals surface area contributed by atoms with Crippen LogP contribution in [0.15, 0.2) is 58.4 Å². The van der Waals surface area contributed by atoms with Crippen molar-refractivity contribution in [3.63, 3.8) is 0 Å². The fourth-order valence-corrected chi connectivity index (χ4v) is 3.47. The molecule has 0 aliphatic rings. The SMILES string of the molecule is CCCCCCCCOS(=O)(=O)c1ccc(N=Cc2ccc(O)cc2)cc1. The zero-order valence-electron chi connectivity index (χ0n) is 15.7. The van der Waals surface area contributed by atoms with Crippen molar-refractivity contribution in [1.29, 1.82) is 0 Å². The molecule has 5 nitrogen and oxygen atoms in total. The molecule has 0 radical (unpaired) electrons. The number of nitrogens with zero attached hydrogens (tertiary/aromatic N) is 1. The third-order valence-corrected chi connectivity index (χ3v) is 5.44. The highest BCUT2D eigenvalue weighted by atomic mass is 32.2. The molecule has 2 rings (SSSR count). The second kappa shape index (κ2) is 10.8. The van der Waals surface area contributed by atoms with E-state index in [-0.39, 0.29) is 17.3 Å². The maximum absolute atomic E-state index is 12.2. The summed E-state index contributed by atoms with van der Waals surface area (Å²) in [5, 5.41) is 9.26. The normalized spacial score (nSPS) is 11.9. The summed E-state index contributed by atoms with van der Waals surface area (Å²) >= 11 is 0. The molecule has 0 bridgehead atoms. The van der Waals surface area contributed by atoms with Gasteiger partial charge >= 0.3 is 0 Å². The predicted molar refractivity (Wildman–Crippen MR) is 108 cm³/mol. The van der Waals surface area contributed by atoms with Crippen LogP contribution in [0.1, 0.15) is 51.0 Å². The highest BCUT2D eigenvalue weighted by Gasteiger charge is 2.14. The summed E-state index contributed by atoms with van der Waals surface area (Å²) in [5.41, 5.74) is 1.48. The third kappa shape index (κ3) is 7.53. The van der Waals surface area contributed by atoms with Crippen molar-refractivity contribution < 1.29 is 17.7 Å². The Morgan fingerprint density at radius 1 is 0.926 bits per heavy atom. The number of aromatic hydroxyl groups is 1. The van der Waals surface area contributed by atoms with Gasteiger partial charge in [-0.2, -0.15) is 8.42 Å². The second-order valence-corrected chi connectivity index (χ2v) is 8.00. The standard InChI is InChI=1S/C21H27NO4S/c1-2-3-4-5-6-7-16-26-27(24,25)21-14-10-19(11-15-21)22-17-18-8-12-20(23)13-9-18/h8-15,17,23H,2-7,16H2,1H3. The lowest BCUT2D eigenvalue weighted by atomic mass is 10.1. The molecule has 0 saturated carbocycles. The predicted octanol–water partition coefficient (Wildman–Crippen LogP) is 5.21. The molecule has 6 heteroatoms. The number of benzene rings is 2. The summed E-state index contributed by atoms with van der Waals surface area (Å²) in [7, 11) is -3.73. The maximum atomic E-state index is 12.2. The van der Waals surface area contributed by atoms with Crippen molar-refractivity contribution in [2.24, 2.45) is 4.99 Å². The Kier molecular flexibility index (Phi) is 8.48. The van der Waals surface area contributed by atoms with Crippen LogP contribution in [-0.2, 0) is 14.3 Å². The quantitative estimate of drug-likeness (QED) is 0.325. The Balaban J connectivity index is 1.84. The van der Waals surface area contributed by atoms with E-state index in [4.69, 9.17) is 4.18 Å². The molecule has 0 aliphatic heterocycles. The molecule has 0 amide bonds. The molecule has 2 aromatic rings. The van der Waals surface area contributed by atoms with E-state index in [9.17, 15) is 13.5 Å². The Labute approximate surface area is 161 Å². The van der Waals surface area contributed by atoms with E-state index in [2.05, 4.69) is 11.9 Å². The summed E-state index contributed by atoms with van der Waals surface area (Å²) in [6.45, 7) is 2.38. The van der Waals surface area contributed by atoms with Crippen LogP contribution < -0.4 is 0 Å². The molecule has 0 unspecified atom stereocenters. The van der Waals surface area contributed by atoms with Gasteiger partial charge in [-0.1, -0.05) is 39.0 Å². The van der Waals surface area contributed by atoms with Crippen LogP contribution in [0.25, 0.3) is 0 Å². The summed E-state index contributed by atoms with van der Waals surface area (Å²) in [6, 6.07) is 12.9. The minimum Gasteiger partial charge on any atom is -0.508 e. The molecular formula is C21H27NO4S. The molecular weight excluding hydrogens is 362 g/mol. The topological polar surface area (TPSA) is 76.0 Å². The van der Waals surface area contributed by atoms with E-state index in [0.717, 1.165) is 24.8 Å². The van der Waals surface area contributed by atoms with Gasteiger partial charge in [0.2, 0.25) is 0 Å². The van der Waals surface area contributed by atoms with E-state index in [1.165, 1.54) is 31.4 Å². The fraction of sp³-hybridized carbons (Fsp3) is 0.381. The number of hydrogen-bond acceptors (Lipinski definition) is 5. The zero-order chi connectivity index (χ0) is 19.5. The van der Waals surface area contributed by atoms with Crippen molar-refractivity contribution >= 4 is 22.0 Å². The maximum Gasteiger partial charge on any atom is 0.296 e. The number of rotatable bonds is 11. The molecule has 1 N–H and O–H groups in total. The van der Waals surface area contributed by atoms with Gasteiger partial charge in [-0.3, -0.25) is 9.18 Å². The summed E-state index contributed by atoms with van der Waals surface area (Å²) in [4.78, 5) is 4.43. The van der Waals surface area contributed by atoms with Crippen LogP contribution in [0.4, 0.5) is 5.69 Å². The Hall–Kier alpha value is -2.18. The van der Waals surface area contributed by atoms with Gasteiger partial charge in [-0.25, -0.2) is 0 Å². The van der Waals surface area contributed by atoms with Gasteiger partial charge in [0.15, 0.2) is 0 Å². The van der Waals surface area contributed by atoms with Gasteiger partial charge in [-0.05, 0) is 60.5 Å². The third-order valence-electron chi connectivity index (χ3n) is 4.12. The van der Waals surface area contributed by atoms with Crippen LogP contribution in [0.5, 0.6) is 5.75 Å². The number of aliphatic imine (C=N–C) groups is 1. The van der Waals surface area contributed by atoms with Crippen molar-refractivity contribution in [2.75, 3.05) is 6.61 Å². The van der Waals surface area contributed by atoms with Crippen LogP contribution in [0.3, 0.4) is 0 Å². The molecule has 0 aromatic heterocycles. The average molecular weight is 390 g/mol. The van der Waals surface area contributed by atoms with E-state index in [0.29, 0.717) is 5.69 Å². The lowest BCUT2D eigenvalue weighted by molar-refractivity contribution is 0.306. The zero-order valence-corrected chi connectivity index (χ0v) is 16.5. The van der Waals surface area contributed by atoms with Gasteiger partial charge in [0, 0.05) is 6.21 Å². The first-order valence-electron chi connectivity index (χ1n) is 9.34. The minimum absolute atomic E-state index is 0.136. The molecule has 146 valence electrons. The van der Waals surface area contributed by atoms with Crippen LogP contribution >= 0.6 is 0 Å². The summed E-state index contributed by atoms with van der Waals surface area (Å²) < 4.78 is 29.5. The first-order valence-corrected chi connectivity index (χ1v) is 10.7. The Morgan fingerprint density at radius 2 is 1.56 bits per heavy atom. The monoisotopic (exact) mass is 389 g/mol. The van der Waals surface area contributed by atoms with Gasteiger partial charge in [0.1, 0.15) is 5.75 Å². The number of unbranched alkanes of at least 4 members (excludes halogenated alkanes) is 5. The van der Waals surface area contributed by atoms with Crippen LogP contribution in [0.2, 0.25) is 0 Å². The van der Waals surface area contributed by atoms with E-state index in [1.54, 1.807) is 42.6 Å². The van der Waals surface area contributed by atoms with Gasteiger partial charge in [0.05, 0.1) is 17.2 Å². The molecule has 0 heterocycles. The van der Waals surface area contributed by atoms with Crippen molar-refractivity contribution in [2.45, 2.75) is 50.3 Å². The lowest BCUT2D eigenvalue weighted by Crippen LogP contribution is -2.07. The van der Waals surface area contributed by atoms with Crippen molar-refractivity contribution in [3.05, 3.63) is 54.1 Å². The van der Waals surface area contributed by atoms with E-state index < -0.39 is 10.1 Å². The first-order chi connectivity index (χ1) is 13.0. The van der Waals surface area contributed by atoms with Gasteiger partial charge in [0.25, 0.3) is 10.1 Å². The molecule has 0 spiro atoms. The number of phenols is 1. The second-order valence-electron chi connectivity index (χ2n) is 6.39. The Morgan fingerprint density at radius 3 is 2.22 bits per heavy atom. The fourth-order valence-electron chi connectivity index (χ4n) is 2.53. The van der Waals surface area contributed by atoms with Gasteiger partial charge < -0.3 is 5.11 Å². The molecule has 0 fully saturated rings. The smallest absolute Gasteiger partial charge is 0.296 e. The highest BCUT2D eigenvalue weighted by Crippen LogP contribution is 2.19. The van der Waals surface area contributed by atoms with Crippen molar-refractivity contribution in [3.8, 4) is 5.75 Å². The van der Waals surface area contributed by atoms with Crippen LogP contribution in [0, 0.1) is 0 Å². The molecule has 0 saturated heterocycles. The first kappa shape index (κ1) is 21.1. The lowest BCUT2D eigenvalue weighted by Gasteiger charge is -2.06. The molecule has 0 atom stereocenters. The van der Waals surface area contributed by atoms with Gasteiger partial charge in [-0.15, -0.1) is 0 Å². The molecule has 0 aliphatic carbocycles. The minimum atomic E-state index is -3.73. The highest BCUT2D eigenvalue weighted by molar-refractivity contribution is 7.86.